The zero-order valence-electron chi connectivity index (χ0n) is 16.0. The van der Waals surface area contributed by atoms with E-state index in [9.17, 15) is 5.26 Å². The van der Waals surface area contributed by atoms with Gasteiger partial charge in [-0.05, 0) is 49.6 Å². The summed E-state index contributed by atoms with van der Waals surface area (Å²) < 4.78 is 0. The number of nitriles is 1. The number of aliphatic imine (C=N–C) groups is 1. The highest BCUT2D eigenvalue weighted by Gasteiger charge is 2.26. The van der Waals surface area contributed by atoms with Crippen LogP contribution in [0.3, 0.4) is 0 Å². The molecule has 1 aliphatic heterocycles. The molecule has 0 radical (unpaired) electrons. The highest BCUT2D eigenvalue weighted by atomic mass is 15.3. The van der Waals surface area contributed by atoms with Crippen LogP contribution >= 0.6 is 0 Å². The van der Waals surface area contributed by atoms with Gasteiger partial charge in [-0.1, -0.05) is 43.7 Å². The van der Waals surface area contributed by atoms with E-state index in [-0.39, 0.29) is 6.17 Å². The minimum absolute atomic E-state index is 0.0430. The normalized spacial score (nSPS) is 16.8. The maximum Gasteiger partial charge on any atom is 0.141 e. The first-order valence-electron chi connectivity index (χ1n) is 9.24. The van der Waals surface area contributed by atoms with Gasteiger partial charge in [-0.2, -0.15) is 5.26 Å². The lowest BCUT2D eigenvalue weighted by Crippen LogP contribution is -2.42. The number of benzene rings is 2. The SMILES string of the molecule is CCCC1=C(C)C(NN)=NC(C)N1c1ccc(-c2ccccc2C#N)cc1. The summed E-state index contributed by atoms with van der Waals surface area (Å²) in [5.74, 6) is 6.40. The van der Waals surface area contributed by atoms with Gasteiger partial charge in [0, 0.05) is 17.0 Å². The van der Waals surface area contributed by atoms with Gasteiger partial charge in [0.05, 0.1) is 11.6 Å². The van der Waals surface area contributed by atoms with Crippen LogP contribution < -0.4 is 16.2 Å². The second-order valence-corrected chi connectivity index (χ2v) is 6.65. The molecule has 0 bridgehead atoms. The van der Waals surface area contributed by atoms with Crippen LogP contribution in [0.15, 0.2) is 64.8 Å². The Balaban J connectivity index is 1.99. The fourth-order valence-electron chi connectivity index (χ4n) is 3.58. The van der Waals surface area contributed by atoms with Crippen molar-refractivity contribution in [2.75, 3.05) is 4.90 Å². The van der Waals surface area contributed by atoms with E-state index in [1.165, 1.54) is 5.70 Å². The van der Waals surface area contributed by atoms with Gasteiger partial charge in [0.2, 0.25) is 0 Å². The molecular formula is C22H25N5. The minimum Gasteiger partial charge on any atom is -0.322 e. The molecule has 1 atom stereocenters. The van der Waals surface area contributed by atoms with Crippen LogP contribution in [0.2, 0.25) is 0 Å². The highest BCUT2D eigenvalue weighted by molar-refractivity contribution is 6.00. The molecule has 138 valence electrons. The predicted octanol–water partition coefficient (Wildman–Crippen LogP) is 4.33. The fraction of sp³-hybridized carbons (Fsp3) is 0.273. The number of nitrogens with zero attached hydrogens (tertiary/aromatic N) is 3. The Hall–Kier alpha value is -3.10. The first-order chi connectivity index (χ1) is 13.1. The van der Waals surface area contributed by atoms with Crippen LogP contribution in [-0.2, 0) is 0 Å². The number of hydrogen-bond acceptors (Lipinski definition) is 5. The summed E-state index contributed by atoms with van der Waals surface area (Å²) in [5, 5.41) is 9.35. The van der Waals surface area contributed by atoms with Crippen molar-refractivity contribution in [2.24, 2.45) is 10.8 Å². The van der Waals surface area contributed by atoms with Gasteiger partial charge in [0.25, 0.3) is 0 Å². The van der Waals surface area contributed by atoms with E-state index >= 15 is 0 Å². The number of anilines is 1. The van der Waals surface area contributed by atoms with E-state index in [4.69, 9.17) is 5.84 Å². The van der Waals surface area contributed by atoms with E-state index in [0.29, 0.717) is 5.56 Å². The van der Waals surface area contributed by atoms with Crippen LogP contribution in [0, 0.1) is 11.3 Å². The molecular weight excluding hydrogens is 334 g/mol. The Morgan fingerprint density at radius 3 is 2.52 bits per heavy atom. The van der Waals surface area contributed by atoms with E-state index in [1.807, 2.05) is 24.3 Å². The smallest absolute Gasteiger partial charge is 0.141 e. The minimum atomic E-state index is -0.0430. The molecule has 1 heterocycles. The highest BCUT2D eigenvalue weighted by Crippen LogP contribution is 2.33. The molecule has 1 aliphatic rings. The maximum atomic E-state index is 9.35. The average Bonchev–Trinajstić information content (AvgIpc) is 2.71. The standard InChI is InChI=1S/C22H25N5/c1-4-7-21-15(2)22(26-24)25-16(3)27(21)19-12-10-17(11-13-19)20-9-6-5-8-18(20)14-23/h5-6,8-13,16H,4,7,24H2,1-3H3,(H,25,26). The zero-order valence-corrected chi connectivity index (χ0v) is 16.0. The molecule has 0 aliphatic carbocycles. The third kappa shape index (κ3) is 3.57. The zero-order chi connectivity index (χ0) is 19.4. The quantitative estimate of drug-likeness (QED) is 0.629. The summed E-state index contributed by atoms with van der Waals surface area (Å²) >= 11 is 0. The molecule has 2 aromatic rings. The molecule has 0 saturated carbocycles. The van der Waals surface area contributed by atoms with E-state index in [0.717, 1.165) is 41.1 Å². The molecule has 0 aromatic heterocycles. The molecule has 0 saturated heterocycles. The Kier molecular flexibility index (Phi) is 5.58. The van der Waals surface area contributed by atoms with Crippen molar-refractivity contribution in [3.8, 4) is 17.2 Å². The number of rotatable bonds is 4. The van der Waals surface area contributed by atoms with Gasteiger partial charge in [0.15, 0.2) is 0 Å². The van der Waals surface area contributed by atoms with Crippen LogP contribution in [0.5, 0.6) is 0 Å². The molecule has 27 heavy (non-hydrogen) atoms. The van der Waals surface area contributed by atoms with Gasteiger partial charge in [0.1, 0.15) is 12.0 Å². The third-order valence-corrected chi connectivity index (χ3v) is 4.90. The summed E-state index contributed by atoms with van der Waals surface area (Å²) in [6, 6.07) is 18.3. The van der Waals surface area contributed by atoms with E-state index < -0.39 is 0 Å². The third-order valence-electron chi connectivity index (χ3n) is 4.90. The fourth-order valence-corrected chi connectivity index (χ4v) is 3.58. The number of allylic oxidation sites excluding steroid dienone is 1. The van der Waals surface area contributed by atoms with Gasteiger partial charge < -0.3 is 10.3 Å². The molecule has 0 amide bonds. The lowest BCUT2D eigenvalue weighted by atomic mass is 9.99. The summed E-state index contributed by atoms with van der Waals surface area (Å²) in [6.45, 7) is 6.30. The molecule has 3 rings (SSSR count). The van der Waals surface area contributed by atoms with Gasteiger partial charge >= 0.3 is 0 Å². The Bertz CT molecular complexity index is 918. The molecule has 2 aromatic carbocycles. The Morgan fingerprint density at radius 1 is 1.19 bits per heavy atom. The largest absolute Gasteiger partial charge is 0.322 e. The van der Waals surface area contributed by atoms with Crippen molar-refractivity contribution in [3.05, 3.63) is 65.4 Å². The monoisotopic (exact) mass is 359 g/mol. The number of nitrogens with two attached hydrogens (primary N) is 1. The predicted molar refractivity (Wildman–Crippen MR) is 111 cm³/mol. The van der Waals surface area contributed by atoms with Gasteiger partial charge in [-0.3, -0.25) is 0 Å². The first-order valence-corrected chi connectivity index (χ1v) is 9.24. The average molecular weight is 359 g/mol. The van der Waals surface area contributed by atoms with Crippen molar-refractivity contribution < 1.29 is 0 Å². The number of hydrogen-bond donors (Lipinski definition) is 2. The second kappa shape index (κ2) is 8.07. The summed E-state index contributed by atoms with van der Waals surface area (Å²) in [4.78, 5) is 6.95. The molecule has 1 unspecified atom stereocenters. The van der Waals surface area contributed by atoms with Crippen molar-refractivity contribution >= 4 is 11.5 Å². The maximum absolute atomic E-state index is 9.35. The topological polar surface area (TPSA) is 77.4 Å². The number of hydrazine groups is 1. The lowest BCUT2D eigenvalue weighted by Gasteiger charge is -2.36. The summed E-state index contributed by atoms with van der Waals surface area (Å²) in [7, 11) is 0. The van der Waals surface area contributed by atoms with E-state index in [2.05, 4.69) is 66.4 Å². The van der Waals surface area contributed by atoms with Gasteiger partial charge in [-0.15, -0.1) is 0 Å². The number of nitrogens with one attached hydrogen (secondary N) is 1. The summed E-state index contributed by atoms with van der Waals surface area (Å²) in [6.07, 6.45) is 1.95. The van der Waals surface area contributed by atoms with Crippen LogP contribution in [0.4, 0.5) is 5.69 Å². The molecule has 3 N–H and O–H groups in total. The Labute approximate surface area is 160 Å². The second-order valence-electron chi connectivity index (χ2n) is 6.65. The molecule has 0 fully saturated rings. The van der Waals surface area contributed by atoms with Crippen molar-refractivity contribution in [2.45, 2.75) is 39.8 Å². The molecule has 5 nitrogen and oxygen atoms in total. The van der Waals surface area contributed by atoms with E-state index in [1.54, 1.807) is 0 Å². The lowest BCUT2D eigenvalue weighted by molar-refractivity contribution is 0.667. The first kappa shape index (κ1) is 18.7. The van der Waals surface area contributed by atoms with Crippen molar-refractivity contribution in [1.29, 1.82) is 5.26 Å². The number of amidine groups is 1. The summed E-state index contributed by atoms with van der Waals surface area (Å²) in [5.41, 5.74) is 8.79. The van der Waals surface area contributed by atoms with Crippen molar-refractivity contribution in [3.63, 3.8) is 0 Å². The Morgan fingerprint density at radius 2 is 1.89 bits per heavy atom. The van der Waals surface area contributed by atoms with Crippen LogP contribution in [0.1, 0.15) is 39.2 Å². The molecule has 5 heteroatoms. The molecule has 0 spiro atoms. The van der Waals surface area contributed by atoms with Crippen LogP contribution in [0.25, 0.3) is 11.1 Å². The van der Waals surface area contributed by atoms with Gasteiger partial charge in [-0.25, -0.2) is 10.8 Å². The van der Waals surface area contributed by atoms with Crippen molar-refractivity contribution in [1.82, 2.24) is 5.43 Å². The van der Waals surface area contributed by atoms with Crippen LogP contribution in [-0.4, -0.2) is 12.0 Å².